The van der Waals surface area contributed by atoms with Gasteiger partial charge in [0, 0.05) is 0 Å². The molecule has 1 aliphatic heterocycles. The summed E-state index contributed by atoms with van der Waals surface area (Å²) in [5.41, 5.74) is -0.726. The second-order valence-electron chi connectivity index (χ2n) is 5.38. The predicted octanol–water partition coefficient (Wildman–Crippen LogP) is 2.33. The Bertz CT molecular complexity index is 509. The Morgan fingerprint density at radius 1 is 1.50 bits per heavy atom. The standard InChI is InChI=1S/C13H15F2NO3S/c14-12(15)20-5-9-3-4-10(19-9)11(17)16-6-13(18,7-16)8-1-2-8/h3-4,8,12,18H,1-2,5-7H2. The molecule has 7 heteroatoms. The van der Waals surface area contributed by atoms with E-state index in [0.29, 0.717) is 36.5 Å². The van der Waals surface area contributed by atoms with Gasteiger partial charge in [-0.25, -0.2) is 0 Å². The van der Waals surface area contributed by atoms with E-state index in [-0.39, 0.29) is 17.4 Å². The van der Waals surface area contributed by atoms with Crippen molar-refractivity contribution >= 4 is 17.7 Å². The first-order chi connectivity index (χ1) is 9.48. The minimum absolute atomic E-state index is 0.0386. The Kier molecular flexibility index (Phi) is 3.50. The van der Waals surface area contributed by atoms with Gasteiger partial charge in [0.1, 0.15) is 11.4 Å². The van der Waals surface area contributed by atoms with Gasteiger partial charge in [-0.2, -0.15) is 8.78 Å². The highest BCUT2D eigenvalue weighted by atomic mass is 32.2. The number of carbonyl (C=O) groups excluding carboxylic acids is 1. The summed E-state index contributed by atoms with van der Waals surface area (Å²) < 4.78 is 29.4. The van der Waals surface area contributed by atoms with E-state index in [2.05, 4.69) is 0 Å². The smallest absolute Gasteiger partial charge is 0.289 e. The molecule has 2 fully saturated rings. The SMILES string of the molecule is O=C(c1ccc(CSC(F)F)o1)N1CC(O)(C2CC2)C1. The summed E-state index contributed by atoms with van der Waals surface area (Å²) >= 11 is 0.457. The number of rotatable bonds is 5. The maximum absolute atomic E-state index is 12.1. The zero-order chi connectivity index (χ0) is 14.3. The molecule has 110 valence electrons. The highest BCUT2D eigenvalue weighted by Gasteiger charge is 2.53. The highest BCUT2D eigenvalue weighted by Crippen LogP contribution is 2.44. The molecule has 0 radical (unpaired) electrons. The Morgan fingerprint density at radius 2 is 2.20 bits per heavy atom. The predicted molar refractivity (Wildman–Crippen MR) is 69.6 cm³/mol. The Morgan fingerprint density at radius 3 is 2.80 bits per heavy atom. The van der Waals surface area contributed by atoms with E-state index in [1.165, 1.54) is 17.0 Å². The van der Waals surface area contributed by atoms with E-state index in [4.69, 9.17) is 4.42 Å². The van der Waals surface area contributed by atoms with Gasteiger partial charge in [0.2, 0.25) is 0 Å². The summed E-state index contributed by atoms with van der Waals surface area (Å²) in [5, 5.41) is 10.2. The molecule has 1 aromatic rings. The number of halogens is 2. The lowest BCUT2D eigenvalue weighted by atomic mass is 9.88. The van der Waals surface area contributed by atoms with Crippen LogP contribution in [0.1, 0.15) is 29.2 Å². The monoisotopic (exact) mass is 303 g/mol. The lowest BCUT2D eigenvalue weighted by Crippen LogP contribution is -2.64. The van der Waals surface area contributed by atoms with Crippen LogP contribution in [0, 0.1) is 5.92 Å². The van der Waals surface area contributed by atoms with Crippen molar-refractivity contribution in [2.45, 2.75) is 30.0 Å². The molecule has 0 spiro atoms. The fourth-order valence-electron chi connectivity index (χ4n) is 2.51. The van der Waals surface area contributed by atoms with Crippen molar-refractivity contribution in [3.05, 3.63) is 23.7 Å². The third-order valence-electron chi connectivity index (χ3n) is 3.78. The largest absolute Gasteiger partial charge is 0.455 e. The van der Waals surface area contributed by atoms with Crippen LogP contribution < -0.4 is 0 Å². The van der Waals surface area contributed by atoms with E-state index in [1.54, 1.807) is 0 Å². The van der Waals surface area contributed by atoms with Gasteiger partial charge in [-0.05, 0) is 30.9 Å². The summed E-state index contributed by atoms with van der Waals surface area (Å²) in [6, 6.07) is 3.04. The van der Waals surface area contributed by atoms with Crippen molar-refractivity contribution in [3.8, 4) is 0 Å². The van der Waals surface area contributed by atoms with Crippen molar-refractivity contribution in [2.75, 3.05) is 13.1 Å². The Hall–Kier alpha value is -1.08. The number of hydrogen-bond donors (Lipinski definition) is 1. The highest BCUT2D eigenvalue weighted by molar-refractivity contribution is 7.98. The van der Waals surface area contributed by atoms with E-state index < -0.39 is 11.4 Å². The number of amides is 1. The molecule has 3 rings (SSSR count). The zero-order valence-electron chi connectivity index (χ0n) is 10.7. The summed E-state index contributed by atoms with van der Waals surface area (Å²) in [7, 11) is 0. The van der Waals surface area contributed by atoms with Gasteiger partial charge in [0.25, 0.3) is 11.7 Å². The van der Waals surface area contributed by atoms with Crippen LogP contribution in [0.25, 0.3) is 0 Å². The van der Waals surface area contributed by atoms with E-state index >= 15 is 0 Å². The molecule has 4 nitrogen and oxygen atoms in total. The van der Waals surface area contributed by atoms with E-state index in [9.17, 15) is 18.7 Å². The summed E-state index contributed by atoms with van der Waals surface area (Å²) in [6.45, 7) is 0.663. The second-order valence-corrected chi connectivity index (χ2v) is 6.36. The van der Waals surface area contributed by atoms with Crippen molar-refractivity contribution in [3.63, 3.8) is 0 Å². The van der Waals surface area contributed by atoms with Crippen LogP contribution in [0.3, 0.4) is 0 Å². The van der Waals surface area contributed by atoms with E-state index in [0.717, 1.165) is 12.8 Å². The first-order valence-corrected chi connectivity index (χ1v) is 7.53. The summed E-state index contributed by atoms with van der Waals surface area (Å²) in [5.74, 6) is -1.88. The average molecular weight is 303 g/mol. The Balaban J connectivity index is 1.55. The second kappa shape index (κ2) is 5.04. The van der Waals surface area contributed by atoms with Crippen molar-refractivity contribution in [1.29, 1.82) is 0 Å². The Labute approximate surface area is 119 Å². The molecule has 1 aliphatic carbocycles. The molecule has 1 aromatic heterocycles. The number of carbonyl (C=O) groups is 1. The maximum Gasteiger partial charge on any atom is 0.289 e. The van der Waals surface area contributed by atoms with Crippen LogP contribution in [0.2, 0.25) is 0 Å². The quantitative estimate of drug-likeness (QED) is 0.907. The van der Waals surface area contributed by atoms with Crippen molar-refractivity contribution in [2.24, 2.45) is 5.92 Å². The fourth-order valence-corrected chi connectivity index (χ4v) is 2.95. The van der Waals surface area contributed by atoms with Gasteiger partial charge in [0.15, 0.2) is 5.76 Å². The molecule has 0 bridgehead atoms. The number of alkyl halides is 2. The molecule has 1 saturated carbocycles. The third kappa shape index (κ3) is 2.69. The number of hydrogen-bond acceptors (Lipinski definition) is 4. The molecule has 2 aliphatic rings. The number of likely N-dealkylation sites (tertiary alicyclic amines) is 1. The van der Waals surface area contributed by atoms with Crippen LogP contribution in [0.5, 0.6) is 0 Å². The van der Waals surface area contributed by atoms with Crippen LogP contribution in [0.15, 0.2) is 16.5 Å². The number of nitrogens with zero attached hydrogens (tertiary/aromatic N) is 1. The molecule has 2 heterocycles. The molecule has 0 atom stereocenters. The topological polar surface area (TPSA) is 53.7 Å². The molecule has 1 amide bonds. The molecule has 20 heavy (non-hydrogen) atoms. The fraction of sp³-hybridized carbons (Fsp3) is 0.615. The van der Waals surface area contributed by atoms with Gasteiger partial charge >= 0.3 is 0 Å². The van der Waals surface area contributed by atoms with Gasteiger partial charge in [-0.1, -0.05) is 11.8 Å². The number of β-amino-alcohol motifs (C(OH)–C–C–N with tert-alkyl or cyclic N) is 1. The molecule has 1 saturated heterocycles. The lowest BCUT2D eigenvalue weighted by Gasteiger charge is -2.46. The van der Waals surface area contributed by atoms with Crippen molar-refractivity contribution < 1.29 is 23.1 Å². The molecule has 1 N–H and O–H groups in total. The van der Waals surface area contributed by atoms with Crippen LogP contribution >= 0.6 is 11.8 Å². The summed E-state index contributed by atoms with van der Waals surface area (Å²) in [4.78, 5) is 13.6. The van der Waals surface area contributed by atoms with Crippen LogP contribution in [-0.4, -0.2) is 40.4 Å². The minimum atomic E-state index is -2.46. The van der Waals surface area contributed by atoms with Crippen LogP contribution in [0.4, 0.5) is 8.78 Å². The first kappa shape index (κ1) is 13.9. The summed E-state index contributed by atoms with van der Waals surface area (Å²) in [6.07, 6.45) is 2.04. The molecular formula is C13H15F2NO3S. The van der Waals surface area contributed by atoms with Crippen LogP contribution in [-0.2, 0) is 5.75 Å². The van der Waals surface area contributed by atoms with Gasteiger partial charge in [0.05, 0.1) is 18.8 Å². The zero-order valence-corrected chi connectivity index (χ0v) is 11.5. The molecule has 0 unspecified atom stereocenters. The van der Waals surface area contributed by atoms with Gasteiger partial charge < -0.3 is 14.4 Å². The van der Waals surface area contributed by atoms with E-state index in [1.807, 2.05) is 0 Å². The number of aliphatic hydroxyl groups is 1. The third-order valence-corrected chi connectivity index (χ3v) is 4.48. The lowest BCUT2D eigenvalue weighted by molar-refractivity contribution is -0.0965. The normalized spacial score (nSPS) is 21.1. The number of thioether (sulfide) groups is 1. The number of furan rings is 1. The van der Waals surface area contributed by atoms with Crippen molar-refractivity contribution in [1.82, 2.24) is 4.90 Å². The first-order valence-electron chi connectivity index (χ1n) is 6.48. The van der Waals surface area contributed by atoms with Gasteiger partial charge in [-0.3, -0.25) is 4.79 Å². The van der Waals surface area contributed by atoms with Gasteiger partial charge in [-0.15, -0.1) is 0 Å². The molecular weight excluding hydrogens is 288 g/mol. The molecule has 0 aromatic carbocycles. The minimum Gasteiger partial charge on any atom is -0.455 e. The average Bonchev–Trinajstić information content (AvgIpc) is 3.11. The maximum atomic E-state index is 12.1.